The quantitative estimate of drug-likeness (QED) is 0.522. The Morgan fingerprint density at radius 2 is 2.11 bits per heavy atom. The van der Waals surface area contributed by atoms with Gasteiger partial charge in [0.25, 0.3) is 5.91 Å². The number of likely N-dealkylation sites (tertiary alicyclic amines) is 1. The summed E-state index contributed by atoms with van der Waals surface area (Å²) >= 11 is 0. The number of carbonyl (C=O) groups is 1. The number of ether oxygens (including phenoxy) is 1. The van der Waals surface area contributed by atoms with Crippen LogP contribution in [0.1, 0.15) is 67.2 Å². The molecule has 6 nitrogen and oxygen atoms in total. The fourth-order valence-corrected chi connectivity index (χ4v) is 4.36. The first kappa shape index (κ1) is 21.1. The minimum absolute atomic E-state index is 0.123. The molecule has 2 aliphatic rings. The molecule has 1 N–H and O–H groups in total. The van der Waals surface area contributed by atoms with Crippen molar-refractivity contribution in [2.75, 3.05) is 32.8 Å². The monoisotopic (exact) mass is 388 g/mol. The molecule has 1 saturated heterocycles. The first-order chi connectivity index (χ1) is 13.7. The highest BCUT2D eigenvalue weighted by Crippen LogP contribution is 2.26. The molecule has 28 heavy (non-hydrogen) atoms. The fraction of sp³-hybridized carbons (Fsp3) is 0.727. The van der Waals surface area contributed by atoms with E-state index in [9.17, 15) is 4.79 Å². The number of hydrogen-bond donors (Lipinski definition) is 1. The SMILES string of the molecule is C=CCn1nc(C(=O)N2CCCCCC2)c2c1CC[C@@H](NCCCOCC)C2. The van der Waals surface area contributed by atoms with Crippen molar-refractivity contribution in [3.05, 3.63) is 29.6 Å². The molecule has 1 aromatic rings. The van der Waals surface area contributed by atoms with Gasteiger partial charge in [0.1, 0.15) is 0 Å². The predicted octanol–water partition coefficient (Wildman–Crippen LogP) is 2.96. The van der Waals surface area contributed by atoms with Crippen LogP contribution >= 0.6 is 0 Å². The van der Waals surface area contributed by atoms with Gasteiger partial charge >= 0.3 is 0 Å². The molecule has 2 heterocycles. The molecular formula is C22H36N4O2. The van der Waals surface area contributed by atoms with E-state index in [1.807, 2.05) is 22.6 Å². The normalized spacial score (nSPS) is 19.9. The topological polar surface area (TPSA) is 59.4 Å². The third kappa shape index (κ3) is 5.23. The Morgan fingerprint density at radius 1 is 1.32 bits per heavy atom. The van der Waals surface area contributed by atoms with E-state index in [1.54, 1.807) is 0 Å². The van der Waals surface area contributed by atoms with Gasteiger partial charge in [-0.1, -0.05) is 18.9 Å². The number of fused-ring (bicyclic) bond motifs is 1. The van der Waals surface area contributed by atoms with Crippen molar-refractivity contribution in [1.29, 1.82) is 0 Å². The smallest absolute Gasteiger partial charge is 0.274 e. The number of aromatic nitrogens is 2. The van der Waals surface area contributed by atoms with Crippen LogP contribution in [0, 0.1) is 0 Å². The van der Waals surface area contributed by atoms with Crippen molar-refractivity contribution in [3.63, 3.8) is 0 Å². The molecule has 1 aliphatic heterocycles. The first-order valence-corrected chi connectivity index (χ1v) is 11.0. The molecule has 1 atom stereocenters. The van der Waals surface area contributed by atoms with Crippen LogP contribution in [0.4, 0.5) is 0 Å². The van der Waals surface area contributed by atoms with E-state index in [2.05, 4.69) is 11.9 Å². The number of nitrogens with zero attached hydrogens (tertiary/aromatic N) is 3. The second-order valence-corrected chi connectivity index (χ2v) is 7.90. The number of amides is 1. The van der Waals surface area contributed by atoms with Crippen molar-refractivity contribution in [1.82, 2.24) is 20.0 Å². The lowest BCUT2D eigenvalue weighted by molar-refractivity contribution is 0.0753. The van der Waals surface area contributed by atoms with E-state index >= 15 is 0 Å². The van der Waals surface area contributed by atoms with Gasteiger partial charge in [0.2, 0.25) is 0 Å². The van der Waals surface area contributed by atoms with Crippen molar-refractivity contribution in [2.45, 2.75) is 70.9 Å². The second-order valence-electron chi connectivity index (χ2n) is 7.90. The zero-order valence-electron chi connectivity index (χ0n) is 17.4. The summed E-state index contributed by atoms with van der Waals surface area (Å²) in [6.07, 6.45) is 10.5. The molecule has 1 aliphatic carbocycles. The summed E-state index contributed by atoms with van der Waals surface area (Å²) in [5.74, 6) is 0.123. The van der Waals surface area contributed by atoms with Gasteiger partial charge in [-0.15, -0.1) is 6.58 Å². The Bertz CT molecular complexity index is 647. The molecule has 0 spiro atoms. The summed E-state index contributed by atoms with van der Waals surface area (Å²) in [4.78, 5) is 15.3. The number of nitrogens with one attached hydrogen (secondary N) is 1. The minimum Gasteiger partial charge on any atom is -0.382 e. The third-order valence-corrected chi connectivity index (χ3v) is 5.85. The Morgan fingerprint density at radius 3 is 2.82 bits per heavy atom. The Labute approximate surface area is 169 Å². The van der Waals surface area contributed by atoms with Gasteiger partial charge in [0.05, 0.1) is 6.54 Å². The molecule has 0 saturated carbocycles. The van der Waals surface area contributed by atoms with Gasteiger partial charge in [0.15, 0.2) is 5.69 Å². The highest BCUT2D eigenvalue weighted by molar-refractivity contribution is 5.94. The zero-order valence-corrected chi connectivity index (χ0v) is 17.4. The molecule has 6 heteroatoms. The molecule has 1 fully saturated rings. The molecule has 3 rings (SSSR count). The highest BCUT2D eigenvalue weighted by Gasteiger charge is 2.31. The van der Waals surface area contributed by atoms with E-state index in [-0.39, 0.29) is 5.91 Å². The van der Waals surface area contributed by atoms with Gasteiger partial charge < -0.3 is 15.0 Å². The zero-order chi connectivity index (χ0) is 19.8. The van der Waals surface area contributed by atoms with Crippen molar-refractivity contribution in [2.24, 2.45) is 0 Å². The van der Waals surface area contributed by atoms with Crippen molar-refractivity contribution >= 4 is 5.91 Å². The number of rotatable bonds is 9. The fourth-order valence-electron chi connectivity index (χ4n) is 4.36. The average Bonchev–Trinajstić information content (AvgIpc) is 2.88. The Hall–Kier alpha value is -1.66. The molecule has 0 bridgehead atoms. The molecule has 1 aromatic heterocycles. The molecule has 156 valence electrons. The van der Waals surface area contributed by atoms with Crippen LogP contribution in [0.25, 0.3) is 0 Å². The summed E-state index contributed by atoms with van der Waals surface area (Å²) < 4.78 is 7.42. The van der Waals surface area contributed by atoms with Crippen LogP contribution in [0.3, 0.4) is 0 Å². The molecule has 0 aromatic carbocycles. The summed E-state index contributed by atoms with van der Waals surface area (Å²) in [7, 11) is 0. The van der Waals surface area contributed by atoms with Gasteiger partial charge in [-0.25, -0.2) is 0 Å². The Balaban J connectivity index is 1.71. The van der Waals surface area contributed by atoms with Crippen LogP contribution in [0.5, 0.6) is 0 Å². The summed E-state index contributed by atoms with van der Waals surface area (Å²) in [6, 6.07) is 0.409. The molecule has 0 unspecified atom stereocenters. The summed E-state index contributed by atoms with van der Waals surface area (Å²) in [6.45, 7) is 10.8. The van der Waals surface area contributed by atoms with E-state index in [0.717, 1.165) is 76.9 Å². The van der Waals surface area contributed by atoms with E-state index in [1.165, 1.54) is 18.5 Å². The van der Waals surface area contributed by atoms with Gasteiger partial charge in [-0.2, -0.15) is 5.10 Å². The highest BCUT2D eigenvalue weighted by atomic mass is 16.5. The van der Waals surface area contributed by atoms with Crippen LogP contribution in [-0.2, 0) is 24.1 Å². The molecule has 1 amide bonds. The first-order valence-electron chi connectivity index (χ1n) is 11.0. The van der Waals surface area contributed by atoms with E-state index in [0.29, 0.717) is 18.3 Å². The maximum atomic E-state index is 13.3. The van der Waals surface area contributed by atoms with Crippen LogP contribution in [-0.4, -0.2) is 59.5 Å². The van der Waals surface area contributed by atoms with Gasteiger partial charge in [0, 0.05) is 43.6 Å². The van der Waals surface area contributed by atoms with Gasteiger partial charge in [-0.3, -0.25) is 9.48 Å². The van der Waals surface area contributed by atoms with Crippen LogP contribution < -0.4 is 5.32 Å². The second kappa shape index (κ2) is 10.8. The minimum atomic E-state index is 0.123. The maximum absolute atomic E-state index is 13.3. The standard InChI is InChI=1S/C22H36N4O2/c1-3-13-26-20-11-10-18(23-12-9-16-28-4-2)17-19(20)21(24-26)22(27)25-14-7-5-6-8-15-25/h3,18,23H,1,4-17H2,2H3/t18-/m1/s1. The largest absolute Gasteiger partial charge is 0.382 e. The molecule has 0 radical (unpaired) electrons. The lowest BCUT2D eigenvalue weighted by Gasteiger charge is -2.25. The number of hydrogen-bond acceptors (Lipinski definition) is 4. The maximum Gasteiger partial charge on any atom is 0.274 e. The molecular weight excluding hydrogens is 352 g/mol. The Kier molecular flexibility index (Phi) is 8.10. The average molecular weight is 389 g/mol. The van der Waals surface area contributed by atoms with E-state index in [4.69, 9.17) is 9.84 Å². The van der Waals surface area contributed by atoms with Crippen LogP contribution in [0.15, 0.2) is 12.7 Å². The van der Waals surface area contributed by atoms with Crippen LogP contribution in [0.2, 0.25) is 0 Å². The summed E-state index contributed by atoms with van der Waals surface area (Å²) in [5, 5.41) is 8.41. The lowest BCUT2D eigenvalue weighted by atomic mass is 9.91. The van der Waals surface area contributed by atoms with Crippen molar-refractivity contribution in [3.8, 4) is 0 Å². The predicted molar refractivity (Wildman–Crippen MR) is 112 cm³/mol. The van der Waals surface area contributed by atoms with E-state index < -0.39 is 0 Å². The lowest BCUT2D eigenvalue weighted by Crippen LogP contribution is -2.37. The number of allylic oxidation sites excluding steroid dienone is 1. The van der Waals surface area contributed by atoms with Crippen molar-refractivity contribution < 1.29 is 9.53 Å². The van der Waals surface area contributed by atoms with Gasteiger partial charge in [-0.05, 0) is 52.0 Å². The third-order valence-electron chi connectivity index (χ3n) is 5.85. The number of carbonyl (C=O) groups excluding carboxylic acids is 1. The summed E-state index contributed by atoms with van der Waals surface area (Å²) in [5.41, 5.74) is 3.06.